The van der Waals surface area contributed by atoms with Crippen molar-refractivity contribution in [2.75, 3.05) is 13.2 Å². The molecule has 2 unspecified atom stereocenters. The molecule has 1 fully saturated rings. The van der Waals surface area contributed by atoms with Gasteiger partial charge in [-0.1, -0.05) is 15.9 Å². The summed E-state index contributed by atoms with van der Waals surface area (Å²) in [6, 6.07) is 4.21. The van der Waals surface area contributed by atoms with Crippen LogP contribution in [0.3, 0.4) is 0 Å². The largest absolute Gasteiger partial charge is 0.493 e. The molecule has 0 spiro atoms. The molecule has 3 rings (SSSR count). The van der Waals surface area contributed by atoms with Crippen LogP contribution in [-0.2, 0) is 11.2 Å². The van der Waals surface area contributed by atoms with Gasteiger partial charge in [0, 0.05) is 29.1 Å². The predicted octanol–water partition coefficient (Wildman–Crippen LogP) is 2.95. The lowest BCUT2D eigenvalue weighted by Gasteiger charge is -2.19. The number of nitrogens with two attached hydrogens (primary N) is 1. The lowest BCUT2D eigenvalue weighted by Crippen LogP contribution is -2.19. The summed E-state index contributed by atoms with van der Waals surface area (Å²) < 4.78 is 12.5. The highest BCUT2D eigenvalue weighted by Gasteiger charge is 2.25. The maximum atomic E-state index is 6.34. The van der Waals surface area contributed by atoms with Crippen molar-refractivity contribution in [1.82, 2.24) is 0 Å². The number of ether oxygens (including phenoxy) is 2. The summed E-state index contributed by atoms with van der Waals surface area (Å²) in [6.07, 6.45) is 4.46. The highest BCUT2D eigenvalue weighted by atomic mass is 79.9. The Hall–Kier alpha value is -0.580. The average Bonchev–Trinajstić information content (AvgIpc) is 2.97. The summed E-state index contributed by atoms with van der Waals surface area (Å²) in [7, 11) is 0. The van der Waals surface area contributed by atoms with Crippen LogP contribution in [0.25, 0.3) is 0 Å². The van der Waals surface area contributed by atoms with Crippen LogP contribution in [0.15, 0.2) is 16.6 Å². The van der Waals surface area contributed by atoms with Gasteiger partial charge in [0.25, 0.3) is 0 Å². The van der Waals surface area contributed by atoms with Gasteiger partial charge >= 0.3 is 0 Å². The second kappa shape index (κ2) is 5.19. The zero-order valence-corrected chi connectivity index (χ0v) is 11.9. The molecule has 0 bridgehead atoms. The molecule has 98 valence electrons. The molecule has 0 aromatic heterocycles. The van der Waals surface area contributed by atoms with Gasteiger partial charge in [0.2, 0.25) is 0 Å². The maximum Gasteiger partial charge on any atom is 0.127 e. The summed E-state index contributed by atoms with van der Waals surface area (Å²) in [5.41, 5.74) is 8.72. The van der Waals surface area contributed by atoms with Crippen molar-refractivity contribution in [3.63, 3.8) is 0 Å². The van der Waals surface area contributed by atoms with Crippen molar-refractivity contribution < 1.29 is 9.47 Å². The van der Waals surface area contributed by atoms with Crippen LogP contribution < -0.4 is 10.5 Å². The first kappa shape index (κ1) is 12.5. The van der Waals surface area contributed by atoms with E-state index >= 15 is 0 Å². The third kappa shape index (κ3) is 2.42. The molecule has 3 nitrogen and oxygen atoms in total. The number of hydrogen-bond acceptors (Lipinski definition) is 3. The third-order valence-electron chi connectivity index (χ3n) is 3.72. The molecule has 2 atom stereocenters. The fourth-order valence-electron chi connectivity index (χ4n) is 2.81. The smallest absolute Gasteiger partial charge is 0.127 e. The van der Waals surface area contributed by atoms with Gasteiger partial charge < -0.3 is 15.2 Å². The van der Waals surface area contributed by atoms with Gasteiger partial charge in [-0.2, -0.15) is 0 Å². The third-order valence-corrected chi connectivity index (χ3v) is 4.18. The Kier molecular flexibility index (Phi) is 3.59. The minimum atomic E-state index is -0.00236. The van der Waals surface area contributed by atoms with E-state index in [1.165, 1.54) is 5.56 Å². The van der Waals surface area contributed by atoms with Gasteiger partial charge in [0.05, 0.1) is 12.7 Å². The van der Waals surface area contributed by atoms with Crippen molar-refractivity contribution in [2.24, 2.45) is 5.73 Å². The lowest BCUT2D eigenvalue weighted by molar-refractivity contribution is 0.0981. The molecule has 1 saturated heterocycles. The zero-order valence-electron chi connectivity index (χ0n) is 10.3. The maximum absolute atomic E-state index is 6.34. The molecule has 0 radical (unpaired) electrons. The molecule has 0 aliphatic carbocycles. The van der Waals surface area contributed by atoms with Gasteiger partial charge in [-0.3, -0.25) is 0 Å². The molecule has 2 heterocycles. The lowest BCUT2D eigenvalue weighted by atomic mass is 9.97. The highest BCUT2D eigenvalue weighted by Crippen LogP contribution is 2.37. The molecule has 18 heavy (non-hydrogen) atoms. The van der Waals surface area contributed by atoms with Gasteiger partial charge in [0.15, 0.2) is 0 Å². The van der Waals surface area contributed by atoms with E-state index in [9.17, 15) is 0 Å². The number of fused-ring (bicyclic) bond motifs is 1. The van der Waals surface area contributed by atoms with Gasteiger partial charge in [-0.15, -0.1) is 0 Å². The van der Waals surface area contributed by atoms with Crippen LogP contribution in [0.2, 0.25) is 0 Å². The van der Waals surface area contributed by atoms with E-state index in [-0.39, 0.29) is 6.04 Å². The zero-order chi connectivity index (χ0) is 12.5. The monoisotopic (exact) mass is 311 g/mol. The molecule has 2 N–H and O–H groups in total. The van der Waals surface area contributed by atoms with Crippen molar-refractivity contribution in [2.45, 2.75) is 37.8 Å². The molecule has 1 aromatic rings. The highest BCUT2D eigenvalue weighted by molar-refractivity contribution is 9.10. The fourth-order valence-corrected chi connectivity index (χ4v) is 3.34. The Labute approximate surface area is 116 Å². The van der Waals surface area contributed by atoms with Gasteiger partial charge in [-0.25, -0.2) is 0 Å². The van der Waals surface area contributed by atoms with Gasteiger partial charge in [0.1, 0.15) is 5.75 Å². The Morgan fingerprint density at radius 1 is 1.39 bits per heavy atom. The number of halogens is 1. The van der Waals surface area contributed by atoms with Crippen LogP contribution in [0.5, 0.6) is 5.75 Å². The minimum absolute atomic E-state index is 0.00236. The van der Waals surface area contributed by atoms with Crippen LogP contribution >= 0.6 is 15.9 Å². The average molecular weight is 312 g/mol. The quantitative estimate of drug-likeness (QED) is 0.933. The van der Waals surface area contributed by atoms with Crippen LogP contribution in [-0.4, -0.2) is 19.3 Å². The first-order valence-electron chi connectivity index (χ1n) is 6.56. The van der Waals surface area contributed by atoms with Crippen LogP contribution in [0.1, 0.15) is 36.4 Å². The molecule has 2 aliphatic heterocycles. The number of hydrogen-bond donors (Lipinski definition) is 1. The van der Waals surface area contributed by atoms with Crippen molar-refractivity contribution in [3.05, 3.63) is 27.7 Å². The van der Waals surface area contributed by atoms with E-state index in [1.54, 1.807) is 0 Å². The summed E-state index contributed by atoms with van der Waals surface area (Å²) in [5.74, 6) is 1.00. The van der Waals surface area contributed by atoms with E-state index in [4.69, 9.17) is 15.2 Å². The summed E-state index contributed by atoms with van der Waals surface area (Å²) >= 11 is 3.55. The second-order valence-corrected chi connectivity index (χ2v) is 5.97. The van der Waals surface area contributed by atoms with Crippen molar-refractivity contribution in [3.8, 4) is 5.75 Å². The van der Waals surface area contributed by atoms with Gasteiger partial charge in [-0.05, 0) is 37.0 Å². The first-order valence-corrected chi connectivity index (χ1v) is 7.35. The molecule has 1 aromatic carbocycles. The summed E-state index contributed by atoms with van der Waals surface area (Å²) in [5, 5.41) is 0. The Morgan fingerprint density at radius 2 is 2.28 bits per heavy atom. The Bertz CT molecular complexity index is 444. The molecule has 2 aliphatic rings. The van der Waals surface area contributed by atoms with Crippen molar-refractivity contribution in [1.29, 1.82) is 0 Å². The normalized spacial score (nSPS) is 23.8. The molecule has 4 heteroatoms. The minimum Gasteiger partial charge on any atom is -0.493 e. The van der Waals surface area contributed by atoms with E-state index in [0.29, 0.717) is 6.10 Å². The Morgan fingerprint density at radius 3 is 3.06 bits per heavy atom. The molecular weight excluding hydrogens is 294 g/mol. The molecule has 0 saturated carbocycles. The van der Waals surface area contributed by atoms with E-state index in [0.717, 1.165) is 54.7 Å². The topological polar surface area (TPSA) is 44.5 Å². The number of benzene rings is 1. The predicted molar refractivity (Wildman–Crippen MR) is 73.9 cm³/mol. The van der Waals surface area contributed by atoms with E-state index in [2.05, 4.69) is 28.1 Å². The Balaban J connectivity index is 1.82. The van der Waals surface area contributed by atoms with E-state index < -0.39 is 0 Å². The molecule has 0 amide bonds. The summed E-state index contributed by atoms with van der Waals surface area (Å²) in [4.78, 5) is 0. The SMILES string of the molecule is NC(CC1CCCO1)c1cc(Br)cc2c1OCC2. The first-order chi connectivity index (χ1) is 8.74. The van der Waals surface area contributed by atoms with Crippen molar-refractivity contribution >= 4 is 15.9 Å². The van der Waals surface area contributed by atoms with Crippen LogP contribution in [0, 0.1) is 0 Å². The second-order valence-electron chi connectivity index (χ2n) is 5.06. The fraction of sp³-hybridized carbons (Fsp3) is 0.571. The number of rotatable bonds is 3. The standard InChI is InChI=1S/C14H18BrNO2/c15-10-6-9-3-5-18-14(9)12(7-10)13(16)8-11-2-1-4-17-11/h6-7,11,13H,1-5,8,16H2. The summed E-state index contributed by atoms with van der Waals surface area (Å²) in [6.45, 7) is 1.65. The van der Waals surface area contributed by atoms with E-state index in [1.807, 2.05) is 0 Å². The molecular formula is C14H18BrNO2. The van der Waals surface area contributed by atoms with Crippen LogP contribution in [0.4, 0.5) is 0 Å².